The molecule has 2 heterocycles. The average Bonchev–Trinajstić information content (AvgIpc) is 3.37. The Morgan fingerprint density at radius 1 is 1.10 bits per heavy atom. The molecular formula is C24H23Cl2N3O2. The Morgan fingerprint density at radius 3 is 2.58 bits per heavy atom. The lowest BCUT2D eigenvalue weighted by Crippen LogP contribution is -2.41. The normalized spacial score (nSPS) is 20.8. The number of aryl methyl sites for hydroxylation is 1. The molecule has 0 bridgehead atoms. The number of phenols is 1. The monoisotopic (exact) mass is 455 g/mol. The Kier molecular flexibility index (Phi) is 5.40. The molecule has 1 aliphatic heterocycles. The van der Waals surface area contributed by atoms with Crippen molar-refractivity contribution in [2.24, 2.45) is 5.92 Å². The highest BCUT2D eigenvalue weighted by atomic mass is 35.5. The molecule has 2 atom stereocenters. The minimum atomic E-state index is -0.0970. The number of benzene rings is 2. The molecule has 3 aromatic rings. The number of hydrogen-bond donors (Lipinski definition) is 2. The van der Waals surface area contributed by atoms with E-state index in [-0.39, 0.29) is 23.6 Å². The van der Waals surface area contributed by atoms with E-state index < -0.39 is 0 Å². The summed E-state index contributed by atoms with van der Waals surface area (Å²) in [6.45, 7) is 0.780. The Labute approximate surface area is 191 Å². The highest BCUT2D eigenvalue weighted by Crippen LogP contribution is 2.36. The number of carbonyl (C=O) groups excluding carboxylic acids is 1. The van der Waals surface area contributed by atoms with Gasteiger partial charge >= 0.3 is 0 Å². The number of aromatic amines is 1. The van der Waals surface area contributed by atoms with E-state index in [9.17, 15) is 9.90 Å². The van der Waals surface area contributed by atoms with Crippen molar-refractivity contribution in [3.8, 4) is 16.9 Å². The predicted octanol–water partition coefficient (Wildman–Crippen LogP) is 5.04. The number of halogens is 2. The molecule has 0 radical (unpaired) electrons. The fourth-order valence-electron chi connectivity index (χ4n) is 4.84. The van der Waals surface area contributed by atoms with E-state index in [0.29, 0.717) is 16.5 Å². The number of fused-ring (bicyclic) bond motifs is 1. The van der Waals surface area contributed by atoms with Crippen LogP contribution in [0.5, 0.6) is 5.75 Å². The third-order valence-corrected chi connectivity index (χ3v) is 7.24. The molecule has 160 valence electrons. The minimum Gasteiger partial charge on any atom is -0.508 e. The molecule has 2 aliphatic rings. The number of rotatable bonds is 4. The molecule has 5 nitrogen and oxygen atoms in total. The number of carbonyl (C=O) groups is 1. The topological polar surface area (TPSA) is 69.2 Å². The van der Waals surface area contributed by atoms with Crippen molar-refractivity contribution in [3.63, 3.8) is 0 Å². The van der Waals surface area contributed by atoms with Gasteiger partial charge in [0.15, 0.2) is 0 Å². The first-order valence-electron chi connectivity index (χ1n) is 10.6. The molecule has 1 amide bonds. The van der Waals surface area contributed by atoms with Gasteiger partial charge in [0.05, 0.1) is 5.69 Å². The second kappa shape index (κ2) is 8.21. The zero-order chi connectivity index (χ0) is 21.5. The zero-order valence-electron chi connectivity index (χ0n) is 16.9. The third-order valence-electron chi connectivity index (χ3n) is 6.56. The summed E-state index contributed by atoms with van der Waals surface area (Å²) in [5.74, 6) is 0.316. The van der Waals surface area contributed by atoms with E-state index in [1.165, 1.54) is 5.56 Å². The van der Waals surface area contributed by atoms with E-state index >= 15 is 0 Å². The van der Waals surface area contributed by atoms with Crippen LogP contribution >= 0.6 is 23.2 Å². The molecule has 31 heavy (non-hydrogen) atoms. The molecule has 1 aromatic heterocycles. The van der Waals surface area contributed by atoms with Gasteiger partial charge in [-0.25, -0.2) is 0 Å². The van der Waals surface area contributed by atoms with Gasteiger partial charge in [0.25, 0.3) is 0 Å². The second-order valence-electron chi connectivity index (χ2n) is 8.44. The summed E-state index contributed by atoms with van der Waals surface area (Å²) in [4.78, 5) is 15.2. The lowest BCUT2D eigenvalue weighted by atomic mass is 9.92. The van der Waals surface area contributed by atoms with Gasteiger partial charge in [-0.2, -0.15) is 5.10 Å². The standard InChI is InChI=1S/C24H23Cl2N3O2/c25-21-11-16(14-1-4-19(30)5-2-14)12-22(26)20(21)10-15-7-8-29(24(15)31)18-3-6-23-17(9-18)13-27-28-23/h1-2,4-5,11-13,15,18,30H,3,6-10H2,(H,27,28)/t15-,18-/m0/s1. The van der Waals surface area contributed by atoms with E-state index in [0.717, 1.165) is 54.6 Å². The SMILES string of the molecule is O=C1[C@H](Cc2c(Cl)cc(-c3ccc(O)cc3)cc2Cl)CCN1[C@H]1CCc2n[nH]cc2C1. The molecule has 1 saturated heterocycles. The first-order valence-corrected chi connectivity index (χ1v) is 11.3. The Balaban J connectivity index is 1.31. The van der Waals surface area contributed by atoms with E-state index in [1.54, 1.807) is 12.1 Å². The van der Waals surface area contributed by atoms with Crippen LogP contribution in [0.1, 0.15) is 29.7 Å². The molecule has 7 heteroatoms. The molecule has 5 rings (SSSR count). The van der Waals surface area contributed by atoms with Crippen LogP contribution in [0.3, 0.4) is 0 Å². The molecular weight excluding hydrogens is 433 g/mol. The van der Waals surface area contributed by atoms with Crippen molar-refractivity contribution in [1.82, 2.24) is 15.1 Å². The minimum absolute atomic E-state index is 0.0970. The van der Waals surface area contributed by atoms with E-state index in [2.05, 4.69) is 10.2 Å². The molecule has 1 fully saturated rings. The summed E-state index contributed by atoms with van der Waals surface area (Å²) in [5, 5.41) is 17.9. The maximum Gasteiger partial charge on any atom is 0.226 e. The van der Waals surface area contributed by atoms with Crippen LogP contribution in [0.4, 0.5) is 0 Å². The fourth-order valence-corrected chi connectivity index (χ4v) is 5.48. The first kappa shape index (κ1) is 20.4. The number of amides is 1. The quantitative estimate of drug-likeness (QED) is 0.578. The van der Waals surface area contributed by atoms with Gasteiger partial charge in [0, 0.05) is 34.7 Å². The Hall–Kier alpha value is -2.50. The van der Waals surface area contributed by atoms with Crippen molar-refractivity contribution in [3.05, 3.63) is 69.5 Å². The summed E-state index contributed by atoms with van der Waals surface area (Å²) in [6, 6.07) is 10.9. The highest BCUT2D eigenvalue weighted by molar-refractivity contribution is 6.36. The molecule has 0 spiro atoms. The number of likely N-dealkylation sites (tertiary alicyclic amines) is 1. The predicted molar refractivity (Wildman–Crippen MR) is 121 cm³/mol. The van der Waals surface area contributed by atoms with E-state index in [4.69, 9.17) is 23.2 Å². The van der Waals surface area contributed by atoms with Crippen molar-refractivity contribution < 1.29 is 9.90 Å². The number of H-pyrrole nitrogens is 1. The number of nitrogens with zero attached hydrogens (tertiary/aromatic N) is 2. The third kappa shape index (κ3) is 3.92. The lowest BCUT2D eigenvalue weighted by molar-refractivity contribution is -0.133. The number of nitrogens with one attached hydrogen (secondary N) is 1. The van der Waals surface area contributed by atoms with Gasteiger partial charge in [-0.15, -0.1) is 0 Å². The van der Waals surface area contributed by atoms with E-state index in [1.807, 2.05) is 35.4 Å². The van der Waals surface area contributed by atoms with Crippen LogP contribution in [0.25, 0.3) is 11.1 Å². The number of hydrogen-bond acceptors (Lipinski definition) is 3. The maximum absolute atomic E-state index is 13.2. The van der Waals surface area contributed by atoms with Crippen LogP contribution in [-0.4, -0.2) is 38.7 Å². The molecule has 0 unspecified atom stereocenters. The van der Waals surface area contributed by atoms with Crippen LogP contribution in [0, 0.1) is 5.92 Å². The van der Waals surface area contributed by atoms with Gasteiger partial charge in [0.1, 0.15) is 5.75 Å². The van der Waals surface area contributed by atoms with Crippen LogP contribution in [-0.2, 0) is 24.1 Å². The molecule has 2 aromatic carbocycles. The second-order valence-corrected chi connectivity index (χ2v) is 9.25. The van der Waals surface area contributed by atoms with Crippen LogP contribution in [0.2, 0.25) is 10.0 Å². The smallest absolute Gasteiger partial charge is 0.226 e. The van der Waals surface area contributed by atoms with Gasteiger partial charge in [-0.05, 0) is 78.6 Å². The van der Waals surface area contributed by atoms with Crippen LogP contribution in [0.15, 0.2) is 42.6 Å². The average molecular weight is 456 g/mol. The highest BCUT2D eigenvalue weighted by Gasteiger charge is 2.38. The summed E-state index contributed by atoms with van der Waals surface area (Å²) in [7, 11) is 0. The number of aromatic nitrogens is 2. The van der Waals surface area contributed by atoms with Gasteiger partial charge in [0.2, 0.25) is 5.91 Å². The molecule has 0 saturated carbocycles. The fraction of sp³-hybridized carbons (Fsp3) is 0.333. The van der Waals surface area contributed by atoms with Crippen molar-refractivity contribution in [1.29, 1.82) is 0 Å². The van der Waals surface area contributed by atoms with Crippen molar-refractivity contribution in [2.75, 3.05) is 6.54 Å². The summed E-state index contributed by atoms with van der Waals surface area (Å²) in [5.41, 5.74) is 4.99. The maximum atomic E-state index is 13.2. The number of aromatic hydroxyl groups is 1. The summed E-state index contributed by atoms with van der Waals surface area (Å²) >= 11 is 13.2. The lowest BCUT2D eigenvalue weighted by Gasteiger charge is -2.31. The number of phenolic OH excluding ortho intramolecular Hbond substituents is 1. The molecule has 1 aliphatic carbocycles. The van der Waals surface area contributed by atoms with Gasteiger partial charge < -0.3 is 10.0 Å². The summed E-state index contributed by atoms with van der Waals surface area (Å²) < 4.78 is 0. The first-order chi connectivity index (χ1) is 15.0. The largest absolute Gasteiger partial charge is 0.508 e. The Morgan fingerprint density at radius 2 is 1.84 bits per heavy atom. The van der Waals surface area contributed by atoms with Crippen molar-refractivity contribution >= 4 is 29.1 Å². The van der Waals surface area contributed by atoms with Crippen molar-refractivity contribution in [2.45, 2.75) is 38.1 Å². The Bertz CT molecular complexity index is 1100. The van der Waals surface area contributed by atoms with Gasteiger partial charge in [-0.1, -0.05) is 35.3 Å². The molecule has 2 N–H and O–H groups in total. The van der Waals surface area contributed by atoms with Gasteiger partial charge in [-0.3, -0.25) is 9.89 Å². The zero-order valence-corrected chi connectivity index (χ0v) is 18.5. The van der Waals surface area contributed by atoms with Crippen LogP contribution < -0.4 is 0 Å². The summed E-state index contributed by atoms with van der Waals surface area (Å²) in [6.07, 6.45) is 6.06.